The Labute approximate surface area is 150 Å². The summed E-state index contributed by atoms with van der Waals surface area (Å²) in [6.45, 7) is 2.59. The van der Waals surface area contributed by atoms with Crippen molar-refractivity contribution >= 4 is 24.3 Å². The largest absolute Gasteiger partial charge is 0.433 e. The van der Waals surface area contributed by atoms with Gasteiger partial charge >= 0.3 is 6.18 Å². The van der Waals surface area contributed by atoms with E-state index in [-0.39, 0.29) is 30.8 Å². The van der Waals surface area contributed by atoms with Gasteiger partial charge in [0.1, 0.15) is 5.69 Å². The second kappa shape index (κ2) is 10.4. The first kappa shape index (κ1) is 21.4. The number of hydrogen-bond donors (Lipinski definition) is 3. The zero-order valence-corrected chi connectivity index (χ0v) is 14.6. The number of carbonyl (C=O) groups excluding carboxylic acids is 1. The molecule has 1 aliphatic rings. The fourth-order valence-corrected chi connectivity index (χ4v) is 2.57. The predicted molar refractivity (Wildman–Crippen MR) is 90.6 cm³/mol. The molecule has 1 fully saturated rings. The molecule has 1 aliphatic heterocycles. The molecule has 0 saturated carbocycles. The minimum atomic E-state index is -4.50. The average molecular weight is 382 g/mol. The molecule has 1 amide bonds. The number of hydrogen-bond acceptors (Lipinski definition) is 5. The monoisotopic (exact) mass is 381 g/mol. The molecule has 25 heavy (non-hydrogen) atoms. The van der Waals surface area contributed by atoms with Gasteiger partial charge in [0, 0.05) is 25.7 Å². The maximum absolute atomic E-state index is 12.5. The molecule has 2 rings (SSSR count). The molecule has 2 heterocycles. The van der Waals surface area contributed by atoms with Gasteiger partial charge in [-0.25, -0.2) is 9.97 Å². The lowest BCUT2D eigenvalue weighted by atomic mass is 9.93. The number of anilines is 1. The highest BCUT2D eigenvalue weighted by Crippen LogP contribution is 2.27. The molecule has 0 atom stereocenters. The quantitative estimate of drug-likeness (QED) is 0.631. The molecule has 3 N–H and O–H groups in total. The van der Waals surface area contributed by atoms with Crippen LogP contribution < -0.4 is 16.0 Å². The van der Waals surface area contributed by atoms with Gasteiger partial charge in [-0.15, -0.1) is 12.4 Å². The van der Waals surface area contributed by atoms with Crippen LogP contribution in [0.15, 0.2) is 12.3 Å². The van der Waals surface area contributed by atoms with E-state index in [1.807, 2.05) is 0 Å². The van der Waals surface area contributed by atoms with E-state index in [2.05, 4.69) is 25.9 Å². The summed E-state index contributed by atoms with van der Waals surface area (Å²) >= 11 is 0. The molecule has 0 radical (unpaired) electrons. The van der Waals surface area contributed by atoms with Crippen LogP contribution in [0.2, 0.25) is 0 Å². The summed E-state index contributed by atoms with van der Waals surface area (Å²) in [7, 11) is 0. The Morgan fingerprint density at radius 1 is 1.28 bits per heavy atom. The molecule has 1 aromatic heterocycles. The van der Waals surface area contributed by atoms with Gasteiger partial charge in [-0.05, 0) is 44.3 Å². The summed E-state index contributed by atoms with van der Waals surface area (Å²) in [5.41, 5.74) is -0.994. The van der Waals surface area contributed by atoms with Crippen molar-refractivity contribution in [2.24, 2.45) is 5.92 Å². The fourth-order valence-electron chi connectivity index (χ4n) is 2.57. The fraction of sp³-hybridized carbons (Fsp3) is 0.667. The third-order valence-electron chi connectivity index (χ3n) is 3.91. The molecule has 0 spiro atoms. The number of aromatic nitrogens is 2. The van der Waals surface area contributed by atoms with Crippen LogP contribution in [0.25, 0.3) is 0 Å². The Balaban J connectivity index is 0.00000312. The van der Waals surface area contributed by atoms with Crippen molar-refractivity contribution in [1.29, 1.82) is 0 Å². The molecular weight excluding hydrogens is 359 g/mol. The molecular formula is C15H23ClF3N5O. The molecule has 0 bridgehead atoms. The maximum Gasteiger partial charge on any atom is 0.433 e. The van der Waals surface area contributed by atoms with E-state index in [4.69, 9.17) is 0 Å². The van der Waals surface area contributed by atoms with Crippen LogP contribution in [0.1, 0.15) is 31.4 Å². The Morgan fingerprint density at radius 2 is 2.00 bits per heavy atom. The van der Waals surface area contributed by atoms with E-state index in [0.29, 0.717) is 18.9 Å². The van der Waals surface area contributed by atoms with Crippen molar-refractivity contribution in [2.45, 2.75) is 31.9 Å². The van der Waals surface area contributed by atoms with Crippen molar-refractivity contribution in [3.05, 3.63) is 18.0 Å². The lowest BCUT2D eigenvalue weighted by molar-refractivity contribution is -0.141. The topological polar surface area (TPSA) is 78.9 Å². The van der Waals surface area contributed by atoms with Gasteiger partial charge in [-0.1, -0.05) is 0 Å². The van der Waals surface area contributed by atoms with Crippen LogP contribution in [-0.2, 0) is 11.0 Å². The number of carbonyl (C=O) groups is 1. The second-order valence-corrected chi connectivity index (χ2v) is 5.77. The van der Waals surface area contributed by atoms with E-state index in [0.717, 1.165) is 44.6 Å². The normalized spacial score (nSPS) is 15.3. The Bertz CT molecular complexity index is 538. The summed E-state index contributed by atoms with van der Waals surface area (Å²) in [6.07, 6.45) is 0.101. The number of amides is 1. The van der Waals surface area contributed by atoms with Gasteiger partial charge in [-0.3, -0.25) is 4.79 Å². The maximum atomic E-state index is 12.5. The van der Waals surface area contributed by atoms with Crippen molar-refractivity contribution in [2.75, 3.05) is 31.5 Å². The van der Waals surface area contributed by atoms with E-state index >= 15 is 0 Å². The molecule has 6 nitrogen and oxygen atoms in total. The standard InChI is InChI=1S/C15H22F3N5O.ClH/c16-15(17,18)12-5-8-21-14(23-12)22-10-9-20-13(24)2-1-11-3-6-19-7-4-11;/h5,8,11,19H,1-4,6-7,9-10H2,(H,20,24)(H,21,22,23);1H. The summed E-state index contributed by atoms with van der Waals surface area (Å²) in [5.74, 6) is 0.447. The van der Waals surface area contributed by atoms with Crippen LogP contribution in [0.4, 0.5) is 19.1 Å². The Hall–Kier alpha value is -1.61. The Kier molecular flexibility index (Phi) is 8.91. The van der Waals surface area contributed by atoms with Crippen LogP contribution in [0, 0.1) is 5.92 Å². The molecule has 1 aromatic rings. The van der Waals surface area contributed by atoms with Crippen molar-refractivity contribution in [3.8, 4) is 0 Å². The second-order valence-electron chi connectivity index (χ2n) is 5.77. The van der Waals surface area contributed by atoms with Gasteiger partial charge < -0.3 is 16.0 Å². The van der Waals surface area contributed by atoms with Gasteiger partial charge in [0.05, 0.1) is 0 Å². The highest BCUT2D eigenvalue weighted by atomic mass is 35.5. The van der Waals surface area contributed by atoms with Crippen molar-refractivity contribution < 1.29 is 18.0 Å². The van der Waals surface area contributed by atoms with Gasteiger partial charge in [-0.2, -0.15) is 13.2 Å². The third kappa shape index (κ3) is 7.87. The third-order valence-corrected chi connectivity index (χ3v) is 3.91. The van der Waals surface area contributed by atoms with E-state index in [1.165, 1.54) is 0 Å². The van der Waals surface area contributed by atoms with E-state index in [1.54, 1.807) is 0 Å². The highest BCUT2D eigenvalue weighted by molar-refractivity contribution is 5.85. The molecule has 10 heteroatoms. The molecule has 0 unspecified atom stereocenters. The van der Waals surface area contributed by atoms with E-state index < -0.39 is 11.9 Å². The first-order valence-corrected chi connectivity index (χ1v) is 8.06. The van der Waals surface area contributed by atoms with Gasteiger partial charge in [0.2, 0.25) is 11.9 Å². The van der Waals surface area contributed by atoms with Crippen LogP contribution in [0.5, 0.6) is 0 Å². The SMILES string of the molecule is Cl.O=C(CCC1CCNCC1)NCCNc1nccc(C(F)(F)F)n1. The van der Waals surface area contributed by atoms with Crippen LogP contribution in [-0.4, -0.2) is 42.1 Å². The minimum absolute atomic E-state index is 0. The summed E-state index contributed by atoms with van der Waals surface area (Å²) < 4.78 is 37.6. The summed E-state index contributed by atoms with van der Waals surface area (Å²) in [5, 5.41) is 8.70. The molecule has 0 aliphatic carbocycles. The van der Waals surface area contributed by atoms with Crippen LogP contribution in [0.3, 0.4) is 0 Å². The first-order valence-electron chi connectivity index (χ1n) is 8.06. The number of nitrogens with one attached hydrogen (secondary N) is 3. The summed E-state index contributed by atoms with van der Waals surface area (Å²) in [4.78, 5) is 18.9. The number of nitrogens with zero attached hydrogens (tertiary/aromatic N) is 2. The smallest absolute Gasteiger partial charge is 0.354 e. The predicted octanol–water partition coefficient (Wildman–Crippen LogP) is 2.23. The highest BCUT2D eigenvalue weighted by Gasteiger charge is 2.32. The van der Waals surface area contributed by atoms with Gasteiger partial charge in [0.15, 0.2) is 0 Å². The zero-order chi connectivity index (χ0) is 17.4. The van der Waals surface area contributed by atoms with Crippen molar-refractivity contribution in [3.63, 3.8) is 0 Å². The number of piperidine rings is 1. The number of halogens is 4. The summed E-state index contributed by atoms with van der Waals surface area (Å²) in [6, 6.07) is 0.813. The average Bonchev–Trinajstić information content (AvgIpc) is 2.57. The molecule has 142 valence electrons. The van der Waals surface area contributed by atoms with E-state index in [9.17, 15) is 18.0 Å². The number of rotatable bonds is 7. The van der Waals surface area contributed by atoms with Crippen molar-refractivity contribution in [1.82, 2.24) is 20.6 Å². The van der Waals surface area contributed by atoms with Gasteiger partial charge in [0.25, 0.3) is 0 Å². The lowest BCUT2D eigenvalue weighted by Crippen LogP contribution is -2.31. The first-order chi connectivity index (χ1) is 11.4. The minimum Gasteiger partial charge on any atom is -0.354 e. The molecule has 0 aromatic carbocycles. The Morgan fingerprint density at radius 3 is 2.68 bits per heavy atom. The lowest BCUT2D eigenvalue weighted by Gasteiger charge is -2.22. The molecule has 1 saturated heterocycles. The number of alkyl halides is 3. The zero-order valence-electron chi connectivity index (χ0n) is 13.7. The van der Waals surface area contributed by atoms with Crippen LogP contribution >= 0.6 is 12.4 Å².